The van der Waals surface area contributed by atoms with Gasteiger partial charge in [-0.15, -0.1) is 22.5 Å². The largest absolute Gasteiger partial charge is 0.461 e. The molecule has 5 nitrogen and oxygen atoms in total. The molecule has 0 aliphatic rings. The van der Waals surface area contributed by atoms with Gasteiger partial charge in [-0.2, -0.15) is 0 Å². The van der Waals surface area contributed by atoms with Crippen molar-refractivity contribution in [1.82, 2.24) is 10.2 Å². The van der Waals surface area contributed by atoms with Crippen LogP contribution in [-0.4, -0.2) is 28.8 Å². The lowest BCUT2D eigenvalue weighted by Gasteiger charge is -2.16. The lowest BCUT2D eigenvalue weighted by Crippen LogP contribution is -2.19. The first-order valence-corrected chi connectivity index (χ1v) is 6.80. The number of rotatable bonds is 5. The third kappa shape index (κ3) is 3.29. The van der Waals surface area contributed by atoms with Crippen molar-refractivity contribution in [3.05, 3.63) is 30.0 Å². The van der Waals surface area contributed by atoms with E-state index in [1.165, 1.54) is 0 Å². The van der Waals surface area contributed by atoms with E-state index < -0.39 is 5.97 Å². The first-order valence-electron chi connectivity index (χ1n) is 6.80. The summed E-state index contributed by atoms with van der Waals surface area (Å²) in [6.45, 7) is 3.98. The van der Waals surface area contributed by atoms with Gasteiger partial charge < -0.3 is 10.1 Å². The zero-order chi connectivity index (χ0) is 15.2. The number of benzene rings is 1. The van der Waals surface area contributed by atoms with Crippen LogP contribution in [0.3, 0.4) is 0 Å². The second-order valence-electron chi connectivity index (χ2n) is 4.61. The highest BCUT2D eigenvalue weighted by molar-refractivity contribution is 6.03. The average molecular weight is 283 g/mol. The lowest BCUT2D eigenvalue weighted by atomic mass is 10.1. The van der Waals surface area contributed by atoms with E-state index in [9.17, 15) is 4.79 Å². The molecule has 21 heavy (non-hydrogen) atoms. The fraction of sp³-hybridized carbons (Fsp3) is 0.312. The Balaban J connectivity index is 2.52. The Hall–Kier alpha value is -2.61. The van der Waals surface area contributed by atoms with Crippen molar-refractivity contribution in [3.63, 3.8) is 0 Å². The molecule has 1 atom stereocenters. The lowest BCUT2D eigenvalue weighted by molar-refractivity contribution is 0.0519. The first-order chi connectivity index (χ1) is 10.2. The van der Waals surface area contributed by atoms with E-state index >= 15 is 0 Å². The van der Waals surface area contributed by atoms with Crippen molar-refractivity contribution in [3.8, 4) is 12.3 Å². The van der Waals surface area contributed by atoms with Crippen LogP contribution < -0.4 is 5.32 Å². The minimum atomic E-state index is -0.494. The van der Waals surface area contributed by atoms with Crippen molar-refractivity contribution in [2.45, 2.75) is 26.3 Å². The first kappa shape index (κ1) is 14.8. The molecule has 0 aliphatic heterocycles. The normalized spacial score (nSPS) is 11.7. The number of carbonyl (C=O) groups is 1. The second-order valence-corrected chi connectivity index (χ2v) is 4.61. The minimum Gasteiger partial charge on any atom is -0.461 e. The summed E-state index contributed by atoms with van der Waals surface area (Å²) in [5.41, 5.74) is 1.50. The quantitative estimate of drug-likeness (QED) is 0.675. The Bertz CT molecular complexity index is 691. The SMILES string of the molecule is C#CCC(C)Nc1c(C(=O)OCC)nnc2ccccc12. The van der Waals surface area contributed by atoms with Crippen LogP contribution in [0.4, 0.5) is 5.69 Å². The highest BCUT2D eigenvalue weighted by Gasteiger charge is 2.19. The molecule has 0 saturated heterocycles. The predicted octanol–water partition coefficient (Wildman–Crippen LogP) is 2.63. The fourth-order valence-corrected chi connectivity index (χ4v) is 2.02. The second kappa shape index (κ2) is 6.71. The summed E-state index contributed by atoms with van der Waals surface area (Å²) in [6.07, 6.45) is 5.87. The number of hydrogen-bond donors (Lipinski definition) is 1. The van der Waals surface area contributed by atoms with E-state index in [0.717, 1.165) is 5.39 Å². The van der Waals surface area contributed by atoms with Gasteiger partial charge in [0.15, 0.2) is 5.69 Å². The maximum absolute atomic E-state index is 12.0. The van der Waals surface area contributed by atoms with Crippen LogP contribution in [0.25, 0.3) is 10.9 Å². The van der Waals surface area contributed by atoms with Crippen LogP contribution >= 0.6 is 0 Å². The topological polar surface area (TPSA) is 64.1 Å². The molecule has 108 valence electrons. The van der Waals surface area contributed by atoms with Gasteiger partial charge in [0.2, 0.25) is 0 Å². The molecule has 1 aromatic heterocycles. The van der Waals surface area contributed by atoms with Gasteiger partial charge in [0.05, 0.1) is 17.8 Å². The summed E-state index contributed by atoms with van der Waals surface area (Å²) < 4.78 is 5.04. The number of anilines is 1. The Morgan fingerprint density at radius 2 is 2.19 bits per heavy atom. The number of ether oxygens (including phenoxy) is 1. The minimum absolute atomic E-state index is 0.00998. The van der Waals surface area contributed by atoms with Gasteiger partial charge in [-0.1, -0.05) is 18.2 Å². The van der Waals surface area contributed by atoms with E-state index in [-0.39, 0.29) is 18.3 Å². The smallest absolute Gasteiger partial charge is 0.361 e. The molecule has 0 amide bonds. The zero-order valence-corrected chi connectivity index (χ0v) is 12.1. The standard InChI is InChI=1S/C16H17N3O2/c1-4-8-11(3)17-14-12-9-6-7-10-13(12)18-19-15(14)16(20)21-5-2/h1,6-7,9-11H,5,8H2,2-3H3,(H,17,18). The molecule has 1 aromatic carbocycles. The van der Waals surface area contributed by atoms with E-state index in [1.54, 1.807) is 6.92 Å². The van der Waals surface area contributed by atoms with E-state index in [0.29, 0.717) is 17.6 Å². The van der Waals surface area contributed by atoms with Gasteiger partial charge in [0.1, 0.15) is 0 Å². The van der Waals surface area contributed by atoms with E-state index in [2.05, 4.69) is 21.4 Å². The summed E-state index contributed by atoms with van der Waals surface area (Å²) >= 11 is 0. The highest BCUT2D eigenvalue weighted by atomic mass is 16.5. The summed E-state index contributed by atoms with van der Waals surface area (Å²) in [4.78, 5) is 12.0. The van der Waals surface area contributed by atoms with Crippen molar-refractivity contribution in [1.29, 1.82) is 0 Å². The van der Waals surface area contributed by atoms with Crippen LogP contribution in [0.15, 0.2) is 24.3 Å². The molecule has 1 N–H and O–H groups in total. The Labute approximate surface area is 123 Å². The maximum Gasteiger partial charge on any atom is 0.361 e. The summed E-state index contributed by atoms with van der Waals surface area (Å²) in [7, 11) is 0. The van der Waals surface area contributed by atoms with Crippen LogP contribution in [-0.2, 0) is 4.74 Å². The van der Waals surface area contributed by atoms with Crippen molar-refractivity contribution in [2.75, 3.05) is 11.9 Å². The van der Waals surface area contributed by atoms with Gasteiger partial charge in [-0.25, -0.2) is 4.79 Å². The number of hydrogen-bond acceptors (Lipinski definition) is 5. The molecule has 0 saturated carbocycles. The molecular formula is C16H17N3O2. The van der Waals surface area contributed by atoms with Crippen LogP contribution in [0.1, 0.15) is 30.8 Å². The van der Waals surface area contributed by atoms with Crippen LogP contribution in [0.2, 0.25) is 0 Å². The molecule has 5 heteroatoms. The highest BCUT2D eigenvalue weighted by Crippen LogP contribution is 2.25. The van der Waals surface area contributed by atoms with Crippen LogP contribution in [0, 0.1) is 12.3 Å². The van der Waals surface area contributed by atoms with Gasteiger partial charge in [0, 0.05) is 17.8 Å². The molecule has 0 radical (unpaired) electrons. The third-order valence-electron chi connectivity index (χ3n) is 2.95. The molecule has 0 bridgehead atoms. The van der Waals surface area contributed by atoms with E-state index in [4.69, 9.17) is 11.2 Å². The number of terminal acetylenes is 1. The Morgan fingerprint density at radius 1 is 1.43 bits per heavy atom. The summed E-state index contributed by atoms with van der Waals surface area (Å²) in [5.74, 6) is 2.10. The number of carbonyl (C=O) groups excluding carboxylic acids is 1. The van der Waals surface area contributed by atoms with Crippen molar-refractivity contribution < 1.29 is 9.53 Å². The number of fused-ring (bicyclic) bond motifs is 1. The number of nitrogens with zero attached hydrogens (tertiary/aromatic N) is 2. The number of esters is 1. The summed E-state index contributed by atoms with van der Waals surface area (Å²) in [5, 5.41) is 12.1. The molecule has 0 fully saturated rings. The van der Waals surface area contributed by atoms with E-state index in [1.807, 2.05) is 31.2 Å². The zero-order valence-electron chi connectivity index (χ0n) is 12.1. The molecule has 1 heterocycles. The molecule has 2 aromatic rings. The Morgan fingerprint density at radius 3 is 2.90 bits per heavy atom. The number of nitrogens with one attached hydrogen (secondary N) is 1. The van der Waals surface area contributed by atoms with Gasteiger partial charge in [-0.05, 0) is 19.9 Å². The Kier molecular flexibility index (Phi) is 4.72. The van der Waals surface area contributed by atoms with Gasteiger partial charge in [-0.3, -0.25) is 0 Å². The van der Waals surface area contributed by atoms with Gasteiger partial charge in [0.25, 0.3) is 0 Å². The molecule has 1 unspecified atom stereocenters. The number of aromatic nitrogens is 2. The van der Waals surface area contributed by atoms with Gasteiger partial charge >= 0.3 is 5.97 Å². The molecular weight excluding hydrogens is 266 g/mol. The van der Waals surface area contributed by atoms with Crippen LogP contribution in [0.5, 0.6) is 0 Å². The van der Waals surface area contributed by atoms with Crippen molar-refractivity contribution in [2.24, 2.45) is 0 Å². The molecule has 2 rings (SSSR count). The molecule has 0 spiro atoms. The predicted molar refractivity (Wildman–Crippen MR) is 82.0 cm³/mol. The maximum atomic E-state index is 12.0. The summed E-state index contributed by atoms with van der Waals surface area (Å²) in [6, 6.07) is 7.49. The van der Waals surface area contributed by atoms with Crippen molar-refractivity contribution >= 4 is 22.6 Å². The monoisotopic (exact) mass is 283 g/mol. The molecule has 0 aliphatic carbocycles. The third-order valence-corrected chi connectivity index (χ3v) is 2.95. The average Bonchev–Trinajstić information content (AvgIpc) is 2.48. The fourth-order valence-electron chi connectivity index (χ4n) is 2.02.